The molecule has 0 heterocycles. The fourth-order valence-corrected chi connectivity index (χ4v) is 1.71. The van der Waals surface area contributed by atoms with E-state index in [9.17, 15) is 13.6 Å². The second-order valence-electron chi connectivity index (χ2n) is 3.83. The van der Waals surface area contributed by atoms with Crippen LogP contribution >= 0.6 is 12.6 Å². The van der Waals surface area contributed by atoms with Crippen LogP contribution in [0.25, 0.3) is 0 Å². The van der Waals surface area contributed by atoms with Crippen molar-refractivity contribution in [2.45, 2.75) is 11.5 Å². The number of benzene rings is 2. The van der Waals surface area contributed by atoms with Crippen LogP contribution < -0.4 is 0 Å². The van der Waals surface area contributed by atoms with Crippen molar-refractivity contribution < 1.29 is 18.3 Å². The third-order valence-corrected chi connectivity index (χ3v) is 2.76. The van der Waals surface area contributed by atoms with E-state index < -0.39 is 17.6 Å². The molecule has 0 spiro atoms. The predicted molar refractivity (Wildman–Crippen MR) is 69.2 cm³/mol. The Kier molecular flexibility index (Phi) is 4.16. The van der Waals surface area contributed by atoms with Crippen LogP contribution in [-0.4, -0.2) is 5.97 Å². The van der Waals surface area contributed by atoms with Crippen LogP contribution in [0.15, 0.2) is 47.4 Å². The zero-order valence-electron chi connectivity index (χ0n) is 9.77. The highest BCUT2D eigenvalue weighted by Gasteiger charge is 2.14. The van der Waals surface area contributed by atoms with Gasteiger partial charge in [0.15, 0.2) is 0 Å². The van der Waals surface area contributed by atoms with Gasteiger partial charge < -0.3 is 4.74 Å². The molecule has 2 nitrogen and oxygen atoms in total. The molecule has 2 rings (SSSR count). The Morgan fingerprint density at radius 1 is 1.11 bits per heavy atom. The monoisotopic (exact) mass is 280 g/mol. The van der Waals surface area contributed by atoms with Crippen molar-refractivity contribution in [2.24, 2.45) is 0 Å². The second kappa shape index (κ2) is 5.84. The fourth-order valence-electron chi connectivity index (χ4n) is 1.51. The average molecular weight is 280 g/mol. The molecule has 98 valence electrons. The normalized spacial score (nSPS) is 10.3. The minimum Gasteiger partial charge on any atom is -0.457 e. The molecular formula is C14H10F2O2S. The molecule has 2 aromatic rings. The highest BCUT2D eigenvalue weighted by atomic mass is 32.1. The van der Waals surface area contributed by atoms with Gasteiger partial charge in [0.05, 0.1) is 5.56 Å². The molecule has 5 heteroatoms. The van der Waals surface area contributed by atoms with Crippen molar-refractivity contribution >= 4 is 18.6 Å². The van der Waals surface area contributed by atoms with Crippen LogP contribution in [0.1, 0.15) is 15.9 Å². The number of hydrogen-bond donors (Lipinski definition) is 1. The lowest BCUT2D eigenvalue weighted by molar-refractivity contribution is 0.0463. The Morgan fingerprint density at radius 2 is 1.84 bits per heavy atom. The van der Waals surface area contributed by atoms with Crippen molar-refractivity contribution in [1.29, 1.82) is 0 Å². The number of ether oxygens (including phenoxy) is 1. The Balaban J connectivity index is 2.10. The van der Waals surface area contributed by atoms with Gasteiger partial charge in [-0.15, -0.1) is 12.6 Å². The van der Waals surface area contributed by atoms with Gasteiger partial charge in [0.1, 0.15) is 18.2 Å². The van der Waals surface area contributed by atoms with Crippen LogP contribution in [0.5, 0.6) is 0 Å². The molecule has 0 N–H and O–H groups in total. The summed E-state index contributed by atoms with van der Waals surface area (Å²) in [6.07, 6.45) is 0. The van der Waals surface area contributed by atoms with Crippen molar-refractivity contribution in [3.05, 3.63) is 65.2 Å². The topological polar surface area (TPSA) is 26.3 Å². The van der Waals surface area contributed by atoms with E-state index in [0.29, 0.717) is 4.90 Å². The van der Waals surface area contributed by atoms with Gasteiger partial charge in [0.2, 0.25) is 0 Å². The minimum atomic E-state index is -0.850. The summed E-state index contributed by atoms with van der Waals surface area (Å²) in [4.78, 5) is 12.1. The van der Waals surface area contributed by atoms with Gasteiger partial charge in [-0.3, -0.25) is 0 Å². The number of rotatable bonds is 3. The predicted octanol–water partition coefficient (Wildman–Crippen LogP) is 3.61. The van der Waals surface area contributed by atoms with E-state index in [1.165, 1.54) is 30.3 Å². The summed E-state index contributed by atoms with van der Waals surface area (Å²) in [5.41, 5.74) is 0.0159. The van der Waals surface area contributed by atoms with Gasteiger partial charge in [0.25, 0.3) is 0 Å². The van der Waals surface area contributed by atoms with E-state index >= 15 is 0 Å². The van der Waals surface area contributed by atoms with Crippen molar-refractivity contribution in [2.75, 3.05) is 0 Å². The first-order valence-corrected chi connectivity index (χ1v) is 5.91. The summed E-state index contributed by atoms with van der Waals surface area (Å²) < 4.78 is 31.6. The van der Waals surface area contributed by atoms with Crippen LogP contribution in [0.3, 0.4) is 0 Å². The van der Waals surface area contributed by atoms with Gasteiger partial charge in [-0.2, -0.15) is 0 Å². The van der Waals surface area contributed by atoms with Crippen LogP contribution in [0.2, 0.25) is 0 Å². The van der Waals surface area contributed by atoms with Crippen LogP contribution in [0.4, 0.5) is 8.78 Å². The molecule has 0 unspecified atom stereocenters. The summed E-state index contributed by atoms with van der Waals surface area (Å²) in [5, 5.41) is 0. The van der Waals surface area contributed by atoms with Gasteiger partial charge in [-0.25, -0.2) is 13.6 Å². The average Bonchev–Trinajstić information content (AvgIpc) is 2.40. The highest BCUT2D eigenvalue weighted by molar-refractivity contribution is 7.80. The summed E-state index contributed by atoms with van der Waals surface area (Å²) in [7, 11) is 0. The number of hydrogen-bond acceptors (Lipinski definition) is 3. The van der Waals surface area contributed by atoms with E-state index in [1.807, 2.05) is 0 Å². The first kappa shape index (κ1) is 13.5. The fraction of sp³-hybridized carbons (Fsp3) is 0.0714. The SMILES string of the molecule is O=C(OCc1ccccc1F)c1cc(S)ccc1F. The molecule has 0 bridgehead atoms. The molecule has 0 aromatic heterocycles. The molecule has 0 saturated heterocycles. The Morgan fingerprint density at radius 3 is 2.58 bits per heavy atom. The van der Waals surface area contributed by atoms with Crippen molar-refractivity contribution in [3.8, 4) is 0 Å². The maximum Gasteiger partial charge on any atom is 0.341 e. The van der Waals surface area contributed by atoms with Crippen LogP contribution in [0, 0.1) is 11.6 Å². The molecule has 0 saturated carbocycles. The van der Waals surface area contributed by atoms with Crippen molar-refractivity contribution in [3.63, 3.8) is 0 Å². The van der Waals surface area contributed by atoms with Gasteiger partial charge in [0, 0.05) is 10.5 Å². The minimum absolute atomic E-state index is 0.219. The quantitative estimate of drug-likeness (QED) is 0.686. The summed E-state index contributed by atoms with van der Waals surface area (Å²) in [6.45, 7) is -0.248. The molecule has 0 atom stereocenters. The molecule has 2 aromatic carbocycles. The lowest BCUT2D eigenvalue weighted by Crippen LogP contribution is -2.08. The summed E-state index contributed by atoms with van der Waals surface area (Å²) in [5.74, 6) is -2.02. The zero-order valence-corrected chi connectivity index (χ0v) is 10.7. The lowest BCUT2D eigenvalue weighted by atomic mass is 10.2. The molecule has 19 heavy (non-hydrogen) atoms. The van der Waals surface area contributed by atoms with Crippen molar-refractivity contribution in [1.82, 2.24) is 0 Å². The number of carbonyl (C=O) groups is 1. The smallest absolute Gasteiger partial charge is 0.341 e. The first-order valence-electron chi connectivity index (χ1n) is 5.47. The Labute approximate surface area is 114 Å². The second-order valence-corrected chi connectivity index (χ2v) is 4.35. The molecule has 0 fully saturated rings. The number of carbonyl (C=O) groups excluding carboxylic acids is 1. The Bertz CT molecular complexity index is 614. The van der Waals surface area contributed by atoms with Gasteiger partial charge >= 0.3 is 5.97 Å². The molecule has 0 aliphatic heterocycles. The summed E-state index contributed by atoms with van der Waals surface area (Å²) in [6, 6.07) is 9.73. The van der Waals surface area contributed by atoms with E-state index in [2.05, 4.69) is 12.6 Å². The standard InChI is InChI=1S/C14H10F2O2S/c15-12-4-2-1-3-9(12)8-18-14(17)11-7-10(19)5-6-13(11)16/h1-7,19H,8H2. The molecule has 0 aliphatic carbocycles. The number of thiol groups is 1. The third-order valence-electron chi connectivity index (χ3n) is 2.49. The molecule has 0 aliphatic rings. The van der Waals surface area contributed by atoms with E-state index in [4.69, 9.17) is 4.74 Å². The van der Waals surface area contributed by atoms with Crippen LogP contribution in [-0.2, 0) is 11.3 Å². The maximum absolute atomic E-state index is 13.4. The third kappa shape index (κ3) is 3.32. The molecule has 0 radical (unpaired) electrons. The van der Waals surface area contributed by atoms with Gasteiger partial charge in [-0.05, 0) is 24.3 Å². The number of esters is 1. The van der Waals surface area contributed by atoms with E-state index in [1.54, 1.807) is 6.07 Å². The zero-order chi connectivity index (χ0) is 13.8. The molecular weight excluding hydrogens is 270 g/mol. The lowest BCUT2D eigenvalue weighted by Gasteiger charge is -2.07. The molecule has 0 amide bonds. The highest BCUT2D eigenvalue weighted by Crippen LogP contribution is 2.16. The van der Waals surface area contributed by atoms with E-state index in [0.717, 1.165) is 6.07 Å². The maximum atomic E-state index is 13.4. The summed E-state index contributed by atoms with van der Waals surface area (Å²) >= 11 is 4.02. The first-order chi connectivity index (χ1) is 9.08. The van der Waals surface area contributed by atoms with Gasteiger partial charge in [-0.1, -0.05) is 18.2 Å². The number of halogens is 2. The van der Waals surface area contributed by atoms with E-state index in [-0.39, 0.29) is 17.7 Å². The largest absolute Gasteiger partial charge is 0.457 e. The Hall–Kier alpha value is -1.88.